The van der Waals surface area contributed by atoms with Crippen molar-refractivity contribution < 1.29 is 19.6 Å². The Labute approximate surface area is 174 Å². The molecule has 0 aliphatic heterocycles. The van der Waals surface area contributed by atoms with Crippen LogP contribution in [-0.4, -0.2) is 29.3 Å². The Morgan fingerprint density at radius 1 is 1.30 bits per heavy atom. The third kappa shape index (κ3) is 4.59. The van der Waals surface area contributed by atoms with E-state index in [9.17, 15) is 20.0 Å². The van der Waals surface area contributed by atoms with Crippen LogP contribution < -0.4 is 10.2 Å². The largest absolute Gasteiger partial charge is 0.504 e. The maximum absolute atomic E-state index is 12.4. The summed E-state index contributed by atoms with van der Waals surface area (Å²) in [5, 5.41) is 25.0. The molecule has 1 aliphatic carbocycles. The number of hydrazone groups is 1. The number of carbonyl (C=O) groups excluding carboxylic acids is 1. The predicted octanol–water partition coefficient (Wildman–Crippen LogP) is 3.86. The number of hydrogen-bond donors (Lipinski definition) is 2. The minimum absolute atomic E-state index is 0.0436. The quantitative estimate of drug-likeness (QED) is 0.426. The van der Waals surface area contributed by atoms with Crippen LogP contribution in [0.3, 0.4) is 0 Å². The van der Waals surface area contributed by atoms with Gasteiger partial charge >= 0.3 is 0 Å². The molecule has 1 saturated carbocycles. The highest BCUT2D eigenvalue weighted by Gasteiger charge is 2.44. The van der Waals surface area contributed by atoms with Gasteiger partial charge in [0.05, 0.1) is 24.3 Å². The van der Waals surface area contributed by atoms with Gasteiger partial charge in [-0.3, -0.25) is 14.9 Å². The van der Waals surface area contributed by atoms with Gasteiger partial charge in [0, 0.05) is 17.5 Å². The minimum Gasteiger partial charge on any atom is -0.504 e. The van der Waals surface area contributed by atoms with Gasteiger partial charge in [-0.05, 0) is 28.9 Å². The first-order chi connectivity index (χ1) is 14.1. The van der Waals surface area contributed by atoms with Gasteiger partial charge in [0.2, 0.25) is 5.91 Å². The van der Waals surface area contributed by atoms with E-state index in [4.69, 9.17) is 4.74 Å². The molecule has 2 aromatic rings. The fraction of sp³-hybridized carbons (Fsp3) is 0.364. The number of carbonyl (C=O) groups is 1. The molecule has 1 fully saturated rings. The first-order valence-corrected chi connectivity index (χ1v) is 9.60. The van der Waals surface area contributed by atoms with Crippen LogP contribution in [0.2, 0.25) is 0 Å². The number of amides is 1. The molecular weight excluding hydrogens is 386 g/mol. The van der Waals surface area contributed by atoms with Gasteiger partial charge in [-0.15, -0.1) is 0 Å². The second-order valence-corrected chi connectivity index (χ2v) is 8.40. The van der Waals surface area contributed by atoms with E-state index in [-0.39, 0.29) is 45.9 Å². The van der Waals surface area contributed by atoms with E-state index in [0.29, 0.717) is 0 Å². The molecule has 8 heteroatoms. The van der Waals surface area contributed by atoms with Crippen LogP contribution in [0.25, 0.3) is 0 Å². The number of nitrogens with zero attached hydrogens (tertiary/aromatic N) is 2. The van der Waals surface area contributed by atoms with E-state index in [2.05, 4.69) is 55.6 Å². The number of aromatic hydroxyl groups is 1. The molecule has 2 aromatic carbocycles. The zero-order valence-corrected chi connectivity index (χ0v) is 17.4. The fourth-order valence-corrected chi connectivity index (χ4v) is 3.31. The Kier molecular flexibility index (Phi) is 5.78. The lowest BCUT2D eigenvalue weighted by molar-refractivity contribution is -0.385. The molecule has 0 spiro atoms. The van der Waals surface area contributed by atoms with Crippen molar-refractivity contribution in [1.29, 1.82) is 0 Å². The van der Waals surface area contributed by atoms with Crippen molar-refractivity contribution in [3.63, 3.8) is 0 Å². The second-order valence-electron chi connectivity index (χ2n) is 8.40. The number of phenolic OH excluding ortho intramolecular Hbond substituents is 1. The van der Waals surface area contributed by atoms with Gasteiger partial charge < -0.3 is 9.84 Å². The summed E-state index contributed by atoms with van der Waals surface area (Å²) >= 11 is 0. The lowest BCUT2D eigenvalue weighted by atomic mass is 9.86. The molecule has 1 aliphatic rings. The Bertz CT molecular complexity index is 993. The Hall–Kier alpha value is -3.42. The molecule has 0 aromatic heterocycles. The average Bonchev–Trinajstić information content (AvgIpc) is 3.49. The lowest BCUT2D eigenvalue weighted by Crippen LogP contribution is -2.20. The van der Waals surface area contributed by atoms with E-state index in [0.717, 1.165) is 30.3 Å². The highest BCUT2D eigenvalue weighted by atomic mass is 16.6. The van der Waals surface area contributed by atoms with E-state index >= 15 is 0 Å². The lowest BCUT2D eigenvalue weighted by Gasteiger charge is -2.19. The number of nitro groups is 1. The monoisotopic (exact) mass is 411 g/mol. The van der Waals surface area contributed by atoms with Gasteiger partial charge in [-0.1, -0.05) is 45.0 Å². The van der Waals surface area contributed by atoms with E-state index < -0.39 is 4.92 Å². The van der Waals surface area contributed by atoms with Crippen molar-refractivity contribution in [2.45, 2.75) is 38.5 Å². The van der Waals surface area contributed by atoms with Crippen LogP contribution in [0.5, 0.6) is 11.5 Å². The molecule has 0 unspecified atom stereocenters. The summed E-state index contributed by atoms with van der Waals surface area (Å²) in [7, 11) is 1.29. The van der Waals surface area contributed by atoms with Crippen LogP contribution in [0.4, 0.5) is 5.69 Å². The molecule has 1 amide bonds. The average molecular weight is 411 g/mol. The number of methoxy groups -OCH3 is 1. The number of nitrogens with one attached hydrogen (secondary N) is 1. The van der Waals surface area contributed by atoms with Gasteiger partial charge in [0.1, 0.15) is 0 Å². The van der Waals surface area contributed by atoms with Crippen LogP contribution in [0.15, 0.2) is 41.5 Å². The minimum atomic E-state index is -0.600. The van der Waals surface area contributed by atoms with E-state index in [1.165, 1.54) is 12.7 Å². The van der Waals surface area contributed by atoms with Gasteiger partial charge in [-0.2, -0.15) is 5.10 Å². The molecule has 30 heavy (non-hydrogen) atoms. The van der Waals surface area contributed by atoms with Crippen molar-refractivity contribution >= 4 is 17.8 Å². The fourth-order valence-electron chi connectivity index (χ4n) is 3.31. The summed E-state index contributed by atoms with van der Waals surface area (Å²) < 4.78 is 4.94. The zero-order chi connectivity index (χ0) is 22.1. The number of rotatable bonds is 6. The predicted molar refractivity (Wildman–Crippen MR) is 113 cm³/mol. The van der Waals surface area contributed by atoms with Gasteiger partial charge in [-0.25, -0.2) is 5.43 Å². The van der Waals surface area contributed by atoms with Crippen molar-refractivity contribution in [1.82, 2.24) is 5.43 Å². The van der Waals surface area contributed by atoms with E-state index in [1.54, 1.807) is 0 Å². The summed E-state index contributed by atoms with van der Waals surface area (Å²) in [6.07, 6.45) is 1.91. The highest BCUT2D eigenvalue weighted by Crippen LogP contribution is 2.47. The molecule has 0 radical (unpaired) electrons. The Morgan fingerprint density at radius 2 is 1.97 bits per heavy atom. The number of nitro benzene ring substituents is 1. The molecule has 3 rings (SSSR count). The molecule has 8 nitrogen and oxygen atoms in total. The van der Waals surface area contributed by atoms with Gasteiger partial charge in [0.15, 0.2) is 11.5 Å². The Morgan fingerprint density at radius 3 is 2.53 bits per heavy atom. The number of phenols is 1. The summed E-state index contributed by atoms with van der Waals surface area (Å²) in [5.74, 6) is -0.577. The molecule has 158 valence electrons. The first kappa shape index (κ1) is 21.3. The van der Waals surface area contributed by atoms with Crippen LogP contribution in [-0.2, 0) is 10.2 Å². The molecule has 0 saturated heterocycles. The van der Waals surface area contributed by atoms with Crippen LogP contribution in [0, 0.1) is 16.0 Å². The Balaban J connectivity index is 1.64. The maximum Gasteiger partial charge on any atom is 0.274 e. The smallest absolute Gasteiger partial charge is 0.274 e. The van der Waals surface area contributed by atoms with Crippen LogP contribution >= 0.6 is 0 Å². The topological polar surface area (TPSA) is 114 Å². The van der Waals surface area contributed by atoms with Crippen molar-refractivity contribution in [2.75, 3.05) is 7.11 Å². The number of non-ortho nitro benzene ring substituents is 1. The van der Waals surface area contributed by atoms with Crippen molar-refractivity contribution in [3.8, 4) is 11.5 Å². The molecule has 0 bridgehead atoms. The highest BCUT2D eigenvalue weighted by molar-refractivity contribution is 5.88. The summed E-state index contributed by atoms with van der Waals surface area (Å²) in [4.78, 5) is 22.8. The summed E-state index contributed by atoms with van der Waals surface area (Å²) in [6.45, 7) is 6.46. The molecule has 2 N–H and O–H groups in total. The number of benzene rings is 2. The number of ether oxygens (including phenoxy) is 1. The maximum atomic E-state index is 12.4. The third-order valence-corrected chi connectivity index (χ3v) is 5.23. The SMILES string of the molecule is COc1cc([N+](=O)[O-])cc(/C=N/NC(=O)[C@@H]2C[C@H]2c2ccc(C(C)(C)C)cc2)c1O. The second kappa shape index (κ2) is 8.14. The standard InChI is InChI=1S/C22H25N3O5/c1-22(2,3)15-7-5-13(6-8-15)17-11-18(17)21(27)24-23-12-14-9-16(25(28)29)10-19(30-4)20(14)26/h5-10,12,17-18,26H,11H2,1-4H3,(H,24,27)/b23-12+/t17-,18+/m0/s1. The summed E-state index contributed by atoms with van der Waals surface area (Å²) in [5.41, 5.74) is 4.71. The van der Waals surface area contributed by atoms with Crippen LogP contribution in [0.1, 0.15) is 49.8 Å². The van der Waals surface area contributed by atoms with Crippen molar-refractivity contribution in [3.05, 3.63) is 63.2 Å². The molecular formula is C22H25N3O5. The third-order valence-electron chi connectivity index (χ3n) is 5.23. The molecule has 2 atom stereocenters. The first-order valence-electron chi connectivity index (χ1n) is 9.60. The summed E-state index contributed by atoms with van der Waals surface area (Å²) in [6, 6.07) is 10.6. The van der Waals surface area contributed by atoms with E-state index in [1.807, 2.05) is 0 Å². The van der Waals surface area contributed by atoms with Gasteiger partial charge in [0.25, 0.3) is 5.69 Å². The molecule has 0 heterocycles. The normalized spacial score (nSPS) is 18.3. The zero-order valence-electron chi connectivity index (χ0n) is 17.4. The number of hydrogen-bond acceptors (Lipinski definition) is 6. The van der Waals surface area contributed by atoms with Crippen molar-refractivity contribution in [2.24, 2.45) is 11.0 Å².